The molecular weight excluding hydrogens is 400 g/mol. The first-order chi connectivity index (χ1) is 14.6. The van der Waals surface area contributed by atoms with Crippen LogP contribution in [0.2, 0.25) is 0 Å². The van der Waals surface area contributed by atoms with Gasteiger partial charge in [0.15, 0.2) is 0 Å². The number of rotatable bonds is 8. The highest BCUT2D eigenvalue weighted by molar-refractivity contribution is 7.99. The molecule has 2 heterocycles. The molecule has 7 nitrogen and oxygen atoms in total. The summed E-state index contributed by atoms with van der Waals surface area (Å²) in [6.07, 6.45) is 0. The molecule has 30 heavy (non-hydrogen) atoms. The number of hydrogen-bond donors (Lipinski definition) is 0. The number of anilines is 1. The Labute approximate surface area is 179 Å². The Balaban J connectivity index is 1.36. The molecule has 0 bridgehead atoms. The van der Waals surface area contributed by atoms with Crippen LogP contribution in [-0.4, -0.2) is 52.3 Å². The zero-order chi connectivity index (χ0) is 21.1. The van der Waals surface area contributed by atoms with Crippen molar-refractivity contribution >= 4 is 29.3 Å². The molecule has 3 aromatic rings. The van der Waals surface area contributed by atoms with Crippen molar-refractivity contribution in [2.24, 2.45) is 0 Å². The monoisotopic (exact) mass is 422 g/mol. The largest absolute Gasteiger partial charge is 0.411 e. The molecule has 0 saturated heterocycles. The molecule has 1 aromatic heterocycles. The molecule has 0 atom stereocenters. The normalized spacial score (nSPS) is 13.1. The fourth-order valence-corrected chi connectivity index (χ4v) is 4.14. The van der Waals surface area contributed by atoms with E-state index in [1.807, 2.05) is 24.3 Å². The van der Waals surface area contributed by atoms with Crippen LogP contribution in [-0.2, 0) is 0 Å². The molecule has 0 unspecified atom stereocenters. The predicted molar refractivity (Wildman–Crippen MR) is 116 cm³/mol. The van der Waals surface area contributed by atoms with E-state index in [2.05, 4.69) is 28.9 Å². The summed E-state index contributed by atoms with van der Waals surface area (Å²) < 4.78 is 5.74. The van der Waals surface area contributed by atoms with E-state index in [0.717, 1.165) is 24.3 Å². The van der Waals surface area contributed by atoms with Gasteiger partial charge < -0.3 is 9.32 Å². The van der Waals surface area contributed by atoms with Crippen LogP contribution in [0.25, 0.3) is 11.5 Å². The smallest absolute Gasteiger partial charge is 0.276 e. The minimum atomic E-state index is -0.254. The lowest BCUT2D eigenvalue weighted by molar-refractivity contribution is 0.0664. The van der Waals surface area contributed by atoms with Crippen LogP contribution in [0.1, 0.15) is 34.6 Å². The molecule has 2 aromatic carbocycles. The Morgan fingerprint density at radius 2 is 1.57 bits per heavy atom. The maximum absolute atomic E-state index is 12.4. The number of aromatic nitrogens is 2. The summed E-state index contributed by atoms with van der Waals surface area (Å²) >= 11 is 1.33. The van der Waals surface area contributed by atoms with E-state index in [9.17, 15) is 9.59 Å². The van der Waals surface area contributed by atoms with Crippen LogP contribution in [0, 0.1) is 0 Å². The molecule has 0 N–H and O–H groups in total. The Kier molecular flexibility index (Phi) is 5.85. The minimum Gasteiger partial charge on any atom is -0.411 e. The van der Waals surface area contributed by atoms with Crippen LogP contribution >= 0.6 is 11.8 Å². The standard InChI is InChI=1S/C22H22N4O3S/c1-3-25(4-2)16-11-9-15(10-12-16)19-23-24-22(29-19)30-14-13-26-20(27)17-7-5-6-8-18(17)21(26)28/h5-12H,3-4,13-14H2,1-2H3. The first kappa shape index (κ1) is 20.2. The molecule has 8 heteroatoms. The lowest BCUT2D eigenvalue weighted by Gasteiger charge is -2.20. The summed E-state index contributed by atoms with van der Waals surface area (Å²) in [6, 6.07) is 14.9. The molecule has 4 rings (SSSR count). The van der Waals surface area contributed by atoms with Crippen LogP contribution in [0.15, 0.2) is 58.2 Å². The van der Waals surface area contributed by atoms with Gasteiger partial charge in [0.2, 0.25) is 5.89 Å². The zero-order valence-electron chi connectivity index (χ0n) is 16.9. The molecule has 1 aliphatic heterocycles. The van der Waals surface area contributed by atoms with Gasteiger partial charge in [-0.1, -0.05) is 23.9 Å². The molecule has 0 spiro atoms. The average Bonchev–Trinajstić information content (AvgIpc) is 3.34. The lowest BCUT2D eigenvalue weighted by atomic mass is 10.1. The van der Waals surface area contributed by atoms with Gasteiger partial charge >= 0.3 is 0 Å². The second-order valence-corrected chi connectivity index (χ2v) is 7.79. The molecule has 154 valence electrons. The predicted octanol–water partition coefficient (Wildman–Crippen LogP) is 3.97. The van der Waals surface area contributed by atoms with E-state index >= 15 is 0 Å². The summed E-state index contributed by atoms with van der Waals surface area (Å²) in [5, 5.41) is 8.60. The van der Waals surface area contributed by atoms with Gasteiger partial charge in [-0.25, -0.2) is 0 Å². The van der Waals surface area contributed by atoms with Crippen molar-refractivity contribution in [3.8, 4) is 11.5 Å². The second kappa shape index (κ2) is 8.71. The molecular formula is C22H22N4O3S. The average molecular weight is 423 g/mol. The summed E-state index contributed by atoms with van der Waals surface area (Å²) in [5.74, 6) is 0.421. The molecule has 0 radical (unpaired) electrons. The Morgan fingerprint density at radius 1 is 0.933 bits per heavy atom. The van der Waals surface area contributed by atoms with E-state index in [1.54, 1.807) is 24.3 Å². The zero-order valence-corrected chi connectivity index (χ0v) is 17.7. The number of benzene rings is 2. The molecule has 1 aliphatic rings. The van der Waals surface area contributed by atoms with Crippen molar-refractivity contribution < 1.29 is 14.0 Å². The van der Waals surface area contributed by atoms with Gasteiger partial charge in [0, 0.05) is 36.6 Å². The Hall–Kier alpha value is -3.13. The van der Waals surface area contributed by atoms with Crippen LogP contribution < -0.4 is 4.90 Å². The van der Waals surface area contributed by atoms with Crippen molar-refractivity contribution in [3.05, 3.63) is 59.7 Å². The Morgan fingerprint density at radius 3 is 2.17 bits per heavy atom. The number of hydrogen-bond acceptors (Lipinski definition) is 7. The highest BCUT2D eigenvalue weighted by Gasteiger charge is 2.34. The molecule has 0 aliphatic carbocycles. The van der Waals surface area contributed by atoms with Crippen molar-refractivity contribution in [1.29, 1.82) is 0 Å². The molecule has 0 saturated carbocycles. The third kappa shape index (κ3) is 3.82. The summed E-state index contributed by atoms with van der Waals surface area (Å²) in [7, 11) is 0. The van der Waals surface area contributed by atoms with Crippen molar-refractivity contribution in [2.45, 2.75) is 19.1 Å². The lowest BCUT2D eigenvalue weighted by Crippen LogP contribution is -2.31. The van der Waals surface area contributed by atoms with Gasteiger partial charge in [-0.2, -0.15) is 0 Å². The number of carbonyl (C=O) groups is 2. The fourth-order valence-electron chi connectivity index (χ4n) is 3.45. The second-order valence-electron chi connectivity index (χ2n) is 6.75. The van der Waals surface area contributed by atoms with Crippen LogP contribution in [0.4, 0.5) is 5.69 Å². The van der Waals surface area contributed by atoms with E-state index < -0.39 is 0 Å². The van der Waals surface area contributed by atoms with E-state index in [1.165, 1.54) is 16.7 Å². The number of imide groups is 1. The van der Waals surface area contributed by atoms with Gasteiger partial charge in [0.1, 0.15) is 0 Å². The Bertz CT molecular complexity index is 1030. The number of nitrogens with zero attached hydrogens (tertiary/aromatic N) is 4. The van der Waals surface area contributed by atoms with Gasteiger partial charge in [0.25, 0.3) is 17.0 Å². The van der Waals surface area contributed by atoms with Crippen molar-refractivity contribution in [2.75, 3.05) is 30.3 Å². The quantitative estimate of drug-likeness (QED) is 0.401. The van der Waals surface area contributed by atoms with Crippen LogP contribution in [0.5, 0.6) is 0 Å². The molecule has 2 amide bonds. The fraction of sp³-hybridized carbons (Fsp3) is 0.273. The van der Waals surface area contributed by atoms with E-state index in [-0.39, 0.29) is 18.4 Å². The topological polar surface area (TPSA) is 79.5 Å². The number of fused-ring (bicyclic) bond motifs is 1. The highest BCUT2D eigenvalue weighted by Crippen LogP contribution is 2.27. The maximum Gasteiger partial charge on any atom is 0.276 e. The highest BCUT2D eigenvalue weighted by atomic mass is 32.2. The number of thioether (sulfide) groups is 1. The van der Waals surface area contributed by atoms with Crippen molar-refractivity contribution in [3.63, 3.8) is 0 Å². The maximum atomic E-state index is 12.4. The summed E-state index contributed by atoms with van der Waals surface area (Å²) in [6.45, 7) is 6.43. The van der Waals surface area contributed by atoms with E-state index in [0.29, 0.717) is 28.0 Å². The third-order valence-corrected chi connectivity index (χ3v) is 5.87. The number of amides is 2. The van der Waals surface area contributed by atoms with Gasteiger partial charge in [-0.05, 0) is 50.2 Å². The summed E-state index contributed by atoms with van der Waals surface area (Å²) in [5.41, 5.74) is 2.92. The number of carbonyl (C=O) groups excluding carboxylic acids is 2. The van der Waals surface area contributed by atoms with Gasteiger partial charge in [-0.3, -0.25) is 14.5 Å². The van der Waals surface area contributed by atoms with Gasteiger partial charge in [0.05, 0.1) is 11.1 Å². The van der Waals surface area contributed by atoms with Crippen molar-refractivity contribution in [1.82, 2.24) is 15.1 Å². The third-order valence-electron chi connectivity index (χ3n) is 5.07. The van der Waals surface area contributed by atoms with E-state index in [4.69, 9.17) is 4.42 Å². The van der Waals surface area contributed by atoms with Crippen LogP contribution in [0.3, 0.4) is 0 Å². The first-order valence-electron chi connectivity index (χ1n) is 9.89. The molecule has 0 fully saturated rings. The minimum absolute atomic E-state index is 0.254. The van der Waals surface area contributed by atoms with Gasteiger partial charge in [-0.15, -0.1) is 10.2 Å². The first-order valence-corrected chi connectivity index (χ1v) is 10.9. The SMILES string of the molecule is CCN(CC)c1ccc(-c2nnc(SCCN3C(=O)c4ccccc4C3=O)o2)cc1. The summed E-state index contributed by atoms with van der Waals surface area (Å²) in [4.78, 5) is 28.3.